The number of hydrogen-bond donors (Lipinski definition) is 0. The van der Waals surface area contributed by atoms with Crippen molar-refractivity contribution in [2.24, 2.45) is 0 Å². The molecule has 336 valence electrons. The zero-order valence-corrected chi connectivity index (χ0v) is 39.4. The van der Waals surface area contributed by atoms with Gasteiger partial charge in [0.25, 0.3) is 0 Å². The van der Waals surface area contributed by atoms with Crippen molar-refractivity contribution in [2.45, 2.75) is 6.42 Å². The van der Waals surface area contributed by atoms with E-state index in [1.54, 1.807) is 0 Å². The summed E-state index contributed by atoms with van der Waals surface area (Å²) in [6.45, 7) is 0. The van der Waals surface area contributed by atoms with Crippen LogP contribution in [0.15, 0.2) is 261 Å². The average Bonchev–Trinajstić information content (AvgIpc) is 3.96. The fraction of sp³-hybridized carbons (Fsp3) is 0.0149. The molecule has 4 nitrogen and oxygen atoms in total. The molecule has 5 heteroatoms. The monoisotopic (exact) mass is 916 g/mol. The van der Waals surface area contributed by atoms with Gasteiger partial charge in [-0.2, -0.15) is 0 Å². The van der Waals surface area contributed by atoms with Crippen LogP contribution >= 0.6 is 0 Å². The molecule has 0 spiro atoms. The Morgan fingerprint density at radius 1 is 0.333 bits per heavy atom. The van der Waals surface area contributed by atoms with Crippen LogP contribution in [0.25, 0.3) is 77.2 Å². The fourth-order valence-electron chi connectivity index (χ4n) is 11.4. The number of nitrogens with zero attached hydrogens (tertiary/aromatic N) is 4. The largest absolute Gasteiger partial charge is 0.311 e. The molecule has 2 radical (unpaired) electrons. The molecule has 2 aromatic heterocycles. The van der Waals surface area contributed by atoms with Gasteiger partial charge in [0.05, 0.1) is 33.4 Å². The minimum absolute atomic E-state index is 0.697. The van der Waals surface area contributed by atoms with Gasteiger partial charge in [-0.3, -0.25) is 0 Å². The highest BCUT2D eigenvalue weighted by Crippen LogP contribution is 2.50. The molecule has 0 aliphatic carbocycles. The predicted octanol–water partition coefficient (Wildman–Crippen LogP) is 16.9. The Labute approximate surface area is 419 Å². The summed E-state index contributed by atoms with van der Waals surface area (Å²) in [4.78, 5) is 4.78. The Hall–Kier alpha value is -9.32. The molecule has 3 heterocycles. The lowest BCUT2D eigenvalue weighted by Crippen LogP contribution is -2.24. The van der Waals surface area contributed by atoms with Gasteiger partial charge in [0.2, 0.25) is 0 Å². The van der Waals surface area contributed by atoms with Crippen molar-refractivity contribution in [3.8, 4) is 33.6 Å². The summed E-state index contributed by atoms with van der Waals surface area (Å²) in [5, 5.41) is 4.91. The maximum atomic E-state index is 7.32. The van der Waals surface area contributed by atoms with Crippen molar-refractivity contribution in [2.75, 3.05) is 9.80 Å². The highest BCUT2D eigenvalue weighted by molar-refractivity contribution is 6.36. The molecule has 11 aromatic carbocycles. The summed E-state index contributed by atoms with van der Waals surface area (Å²) < 4.78 is 4.73. The van der Waals surface area contributed by atoms with Gasteiger partial charge >= 0.3 is 0 Å². The van der Waals surface area contributed by atoms with Crippen LogP contribution in [0.2, 0.25) is 0 Å². The SMILES string of the molecule is [B]c1cc(-c2ccc3c(c2)c2ccccc2n3-c2ccccc2)ccc1N(c1ccccc1)c1cccc2c1Cc1cc(-c3ccc4c(c3)c3ccccc3n4-c3ccccc3)ccc1N2c1ccccc1. The quantitative estimate of drug-likeness (QED) is 0.141. The lowest BCUT2D eigenvalue weighted by molar-refractivity contribution is 1.07. The first kappa shape index (κ1) is 41.6. The van der Waals surface area contributed by atoms with Crippen LogP contribution in [0.3, 0.4) is 0 Å². The summed E-state index contributed by atoms with van der Waals surface area (Å²) in [7, 11) is 7.32. The zero-order chi connectivity index (χ0) is 47.7. The number of fused-ring (bicyclic) bond motifs is 8. The van der Waals surface area contributed by atoms with Crippen LogP contribution < -0.4 is 15.3 Å². The van der Waals surface area contributed by atoms with Crippen LogP contribution in [0.5, 0.6) is 0 Å². The molecule has 0 amide bonds. The average molecular weight is 917 g/mol. The third-order valence-corrected chi connectivity index (χ3v) is 14.6. The third kappa shape index (κ3) is 6.77. The molecule has 0 saturated carbocycles. The molecular weight excluding hydrogens is 872 g/mol. The first-order valence-electron chi connectivity index (χ1n) is 24.7. The van der Waals surface area contributed by atoms with Crippen LogP contribution in [-0.4, -0.2) is 17.0 Å². The van der Waals surface area contributed by atoms with Gasteiger partial charge in [-0.05, 0) is 143 Å². The summed E-state index contributed by atoms with van der Waals surface area (Å²) in [5.41, 5.74) is 21.3. The molecule has 0 bridgehead atoms. The Morgan fingerprint density at radius 3 is 1.39 bits per heavy atom. The maximum absolute atomic E-state index is 7.32. The van der Waals surface area contributed by atoms with Crippen LogP contribution in [0, 0.1) is 0 Å². The number of rotatable bonds is 8. The molecular formula is C67H45BN4. The van der Waals surface area contributed by atoms with Gasteiger partial charge in [-0.15, -0.1) is 0 Å². The fourth-order valence-corrected chi connectivity index (χ4v) is 11.4. The molecule has 0 saturated heterocycles. The Bertz CT molecular complexity index is 4200. The number of aromatic nitrogens is 2. The molecule has 1 aliphatic rings. The number of para-hydroxylation sites is 6. The second-order valence-electron chi connectivity index (χ2n) is 18.8. The standard InChI is InChI=1S/C67H45BN4/c68-59-44-48(47-34-38-66-57(42-47)55-27-14-16-29-62(55)71(66)52-22-9-3-10-23-52)35-39-67(59)72(53-24-11-4-12-25-53)64-31-17-30-63-58(64)43-49-40-45(32-36-60(49)69(63)50-18-5-1-6-19-50)46-33-37-65-56(41-46)54-26-13-15-28-61(54)70(65)51-20-7-2-8-21-51/h1-42,44H,43H2. The van der Waals surface area contributed by atoms with Crippen molar-refractivity contribution in [3.05, 3.63) is 272 Å². The van der Waals surface area contributed by atoms with Gasteiger partial charge < -0.3 is 18.9 Å². The highest BCUT2D eigenvalue weighted by Gasteiger charge is 2.29. The van der Waals surface area contributed by atoms with Crippen molar-refractivity contribution >= 4 is 91.0 Å². The van der Waals surface area contributed by atoms with E-state index >= 15 is 0 Å². The van der Waals surface area contributed by atoms with E-state index in [9.17, 15) is 0 Å². The molecule has 0 N–H and O–H groups in total. The van der Waals surface area contributed by atoms with Crippen LogP contribution in [0.1, 0.15) is 11.1 Å². The summed E-state index contributed by atoms with van der Waals surface area (Å²) in [5.74, 6) is 0. The smallest absolute Gasteiger partial charge is 0.116 e. The molecule has 0 atom stereocenters. The molecule has 1 aliphatic heterocycles. The van der Waals surface area contributed by atoms with E-state index in [2.05, 4.69) is 280 Å². The topological polar surface area (TPSA) is 16.3 Å². The Morgan fingerprint density at radius 2 is 0.806 bits per heavy atom. The zero-order valence-electron chi connectivity index (χ0n) is 39.4. The molecule has 72 heavy (non-hydrogen) atoms. The molecule has 13 aromatic rings. The first-order valence-corrected chi connectivity index (χ1v) is 24.7. The van der Waals surface area contributed by atoms with Crippen molar-refractivity contribution < 1.29 is 0 Å². The molecule has 0 unspecified atom stereocenters. The first-order chi connectivity index (χ1) is 35.6. The van der Waals surface area contributed by atoms with E-state index in [1.165, 1.54) is 71.6 Å². The van der Waals surface area contributed by atoms with Gasteiger partial charge in [0.15, 0.2) is 0 Å². The highest BCUT2D eigenvalue weighted by atomic mass is 15.2. The second-order valence-corrected chi connectivity index (χ2v) is 18.8. The predicted molar refractivity (Wildman–Crippen MR) is 304 cm³/mol. The van der Waals surface area contributed by atoms with E-state index < -0.39 is 0 Å². The van der Waals surface area contributed by atoms with Crippen LogP contribution in [0.4, 0.5) is 34.1 Å². The van der Waals surface area contributed by atoms with E-state index in [1.807, 2.05) is 0 Å². The van der Waals surface area contributed by atoms with Crippen molar-refractivity contribution in [3.63, 3.8) is 0 Å². The van der Waals surface area contributed by atoms with Gasteiger partial charge in [-0.25, -0.2) is 0 Å². The number of hydrogen-bond acceptors (Lipinski definition) is 2. The summed E-state index contributed by atoms with van der Waals surface area (Å²) in [6.07, 6.45) is 0.728. The molecule has 0 fully saturated rings. The minimum Gasteiger partial charge on any atom is -0.311 e. The molecule has 14 rings (SSSR count). The lowest BCUT2D eigenvalue weighted by atomic mass is 9.87. The minimum atomic E-state index is 0.697. The van der Waals surface area contributed by atoms with E-state index in [4.69, 9.17) is 7.85 Å². The summed E-state index contributed by atoms with van der Waals surface area (Å²) >= 11 is 0. The van der Waals surface area contributed by atoms with E-state index in [-0.39, 0.29) is 0 Å². The van der Waals surface area contributed by atoms with E-state index in [0.29, 0.717) is 5.46 Å². The van der Waals surface area contributed by atoms with Gasteiger partial charge in [-0.1, -0.05) is 151 Å². The second kappa shape index (κ2) is 17.0. The number of anilines is 6. The van der Waals surface area contributed by atoms with Crippen molar-refractivity contribution in [1.82, 2.24) is 9.13 Å². The van der Waals surface area contributed by atoms with Gasteiger partial charge in [0.1, 0.15) is 7.85 Å². The number of benzene rings is 11. The van der Waals surface area contributed by atoms with Gasteiger partial charge in [0, 0.05) is 67.7 Å². The Kier molecular flexibility index (Phi) is 9.82. The maximum Gasteiger partial charge on any atom is 0.116 e. The lowest BCUT2D eigenvalue weighted by Gasteiger charge is -2.37. The van der Waals surface area contributed by atoms with Crippen LogP contribution in [-0.2, 0) is 6.42 Å². The van der Waals surface area contributed by atoms with E-state index in [0.717, 1.165) is 57.4 Å². The Balaban J connectivity index is 0.888. The normalized spacial score (nSPS) is 12.1. The van der Waals surface area contributed by atoms with Crippen molar-refractivity contribution in [1.29, 1.82) is 0 Å². The third-order valence-electron chi connectivity index (χ3n) is 14.6. The summed E-state index contributed by atoms with van der Waals surface area (Å²) in [6, 6.07) is 94.1.